The second-order valence-corrected chi connectivity index (χ2v) is 7.23. The molecule has 0 spiro atoms. The van der Waals surface area contributed by atoms with Crippen LogP contribution in [0.4, 0.5) is 0 Å². The molecule has 1 fully saturated rings. The fourth-order valence-corrected chi connectivity index (χ4v) is 4.41. The number of halogens is 4. The van der Waals surface area contributed by atoms with Crippen molar-refractivity contribution in [3.63, 3.8) is 0 Å². The summed E-state index contributed by atoms with van der Waals surface area (Å²) in [6.45, 7) is 0. The molecule has 0 aromatic carbocycles. The van der Waals surface area contributed by atoms with E-state index in [2.05, 4.69) is 24.3 Å². The molecule has 0 saturated heterocycles. The number of allylic oxidation sites excluding steroid dienone is 8. The first-order valence-corrected chi connectivity index (χ1v) is 7.71. The molecule has 3 aliphatic carbocycles. The minimum atomic E-state index is 0.0197. The SMILES string of the molecule is ClC(Cl)=CC1=C(C=C(Cl)Cl)[C@]23C=CC=C[C@]12CCC3. The van der Waals surface area contributed by atoms with Crippen molar-refractivity contribution in [3.05, 3.63) is 56.6 Å². The van der Waals surface area contributed by atoms with Crippen LogP contribution in [0.2, 0.25) is 0 Å². The molecule has 0 nitrogen and oxygen atoms in total. The Balaban J connectivity index is 2.23. The first-order valence-electron chi connectivity index (χ1n) is 6.20. The van der Waals surface area contributed by atoms with Crippen molar-refractivity contribution >= 4 is 46.4 Å². The van der Waals surface area contributed by atoms with Gasteiger partial charge in [0.2, 0.25) is 0 Å². The van der Waals surface area contributed by atoms with Crippen LogP contribution < -0.4 is 0 Å². The summed E-state index contributed by atoms with van der Waals surface area (Å²) in [5.41, 5.74) is 2.33. The summed E-state index contributed by atoms with van der Waals surface area (Å²) < 4.78 is 0.536. The quantitative estimate of drug-likeness (QED) is 0.563. The van der Waals surface area contributed by atoms with Crippen LogP contribution in [-0.4, -0.2) is 0 Å². The number of hydrogen-bond donors (Lipinski definition) is 0. The van der Waals surface area contributed by atoms with Gasteiger partial charge in [-0.25, -0.2) is 0 Å². The Morgan fingerprint density at radius 1 is 0.842 bits per heavy atom. The fraction of sp³-hybridized carbons (Fsp3) is 0.333. The molecule has 0 aliphatic heterocycles. The van der Waals surface area contributed by atoms with E-state index >= 15 is 0 Å². The van der Waals surface area contributed by atoms with E-state index in [1.54, 1.807) is 0 Å². The summed E-state index contributed by atoms with van der Waals surface area (Å²) >= 11 is 23.5. The van der Waals surface area contributed by atoms with Crippen LogP contribution in [0.3, 0.4) is 0 Å². The molecule has 0 unspecified atom stereocenters. The van der Waals surface area contributed by atoms with Crippen LogP contribution in [0.1, 0.15) is 19.3 Å². The number of hydrogen-bond acceptors (Lipinski definition) is 0. The van der Waals surface area contributed by atoms with Crippen LogP contribution in [0.5, 0.6) is 0 Å². The third-order valence-corrected chi connectivity index (χ3v) is 5.01. The molecule has 100 valence electrons. The molecule has 3 aliphatic rings. The fourth-order valence-electron chi connectivity index (χ4n) is 3.97. The highest BCUT2D eigenvalue weighted by Gasteiger charge is 2.63. The van der Waals surface area contributed by atoms with Gasteiger partial charge in [0.1, 0.15) is 8.98 Å². The summed E-state index contributed by atoms with van der Waals surface area (Å²) in [6.07, 6.45) is 15.8. The predicted molar refractivity (Wildman–Crippen MR) is 83.6 cm³/mol. The van der Waals surface area contributed by atoms with Gasteiger partial charge < -0.3 is 0 Å². The van der Waals surface area contributed by atoms with Crippen molar-refractivity contribution in [1.82, 2.24) is 0 Å². The molecule has 0 bridgehead atoms. The van der Waals surface area contributed by atoms with E-state index < -0.39 is 0 Å². The Labute approximate surface area is 133 Å². The summed E-state index contributed by atoms with van der Waals surface area (Å²) in [5, 5.41) is 0. The average Bonchev–Trinajstić information content (AvgIpc) is 2.70. The van der Waals surface area contributed by atoms with Crippen molar-refractivity contribution in [1.29, 1.82) is 0 Å². The van der Waals surface area contributed by atoms with Gasteiger partial charge in [-0.1, -0.05) is 77.1 Å². The molecule has 0 radical (unpaired) electrons. The Morgan fingerprint density at radius 2 is 1.26 bits per heavy atom. The molecule has 1 saturated carbocycles. The lowest BCUT2D eigenvalue weighted by atomic mass is 9.46. The Hall–Kier alpha value is -0.140. The standard InChI is InChI=1S/C15H12Cl4/c16-12(17)8-10-11(9-13(18)19)15-5-2-1-4-14(10,15)6-3-7-15/h1-2,4-5,8-9H,3,6-7H2/t14-,15+. The Kier molecular flexibility index (Phi) is 3.42. The monoisotopic (exact) mass is 332 g/mol. The zero-order valence-electron chi connectivity index (χ0n) is 10.1. The van der Waals surface area contributed by atoms with E-state index in [4.69, 9.17) is 46.4 Å². The highest BCUT2D eigenvalue weighted by Crippen LogP contribution is 2.72. The maximum absolute atomic E-state index is 5.87. The summed E-state index contributed by atoms with van der Waals surface area (Å²) in [7, 11) is 0. The molecule has 0 aromatic rings. The molecule has 2 atom stereocenters. The number of rotatable bonds is 2. The van der Waals surface area contributed by atoms with E-state index in [9.17, 15) is 0 Å². The molecular weight excluding hydrogens is 322 g/mol. The maximum Gasteiger partial charge on any atom is 0.107 e. The van der Waals surface area contributed by atoms with Crippen molar-refractivity contribution in [2.75, 3.05) is 0 Å². The van der Waals surface area contributed by atoms with Crippen LogP contribution >= 0.6 is 46.4 Å². The second-order valence-electron chi connectivity index (χ2n) is 5.21. The van der Waals surface area contributed by atoms with Gasteiger partial charge in [-0.05, 0) is 36.1 Å². The molecule has 19 heavy (non-hydrogen) atoms. The highest BCUT2D eigenvalue weighted by atomic mass is 35.5. The first-order chi connectivity index (χ1) is 9.02. The third-order valence-electron chi connectivity index (χ3n) is 4.57. The van der Waals surface area contributed by atoms with E-state index in [0.29, 0.717) is 0 Å². The second kappa shape index (κ2) is 4.70. The largest absolute Gasteiger partial charge is 0.107 e. The molecular formula is C15H12Cl4. The van der Waals surface area contributed by atoms with Gasteiger partial charge in [0.25, 0.3) is 0 Å². The van der Waals surface area contributed by atoms with Crippen molar-refractivity contribution < 1.29 is 0 Å². The Morgan fingerprint density at radius 3 is 1.63 bits per heavy atom. The van der Waals surface area contributed by atoms with Gasteiger partial charge in [-0.3, -0.25) is 0 Å². The topological polar surface area (TPSA) is 0 Å². The molecule has 0 amide bonds. The maximum atomic E-state index is 5.87. The average molecular weight is 334 g/mol. The summed E-state index contributed by atoms with van der Waals surface area (Å²) in [5.74, 6) is 0. The van der Waals surface area contributed by atoms with Crippen molar-refractivity contribution in [2.24, 2.45) is 10.8 Å². The Bertz CT molecular complexity index is 521. The van der Waals surface area contributed by atoms with Crippen LogP contribution in [0.25, 0.3) is 0 Å². The molecule has 3 rings (SSSR count). The van der Waals surface area contributed by atoms with Gasteiger partial charge >= 0.3 is 0 Å². The van der Waals surface area contributed by atoms with Crippen molar-refractivity contribution in [2.45, 2.75) is 19.3 Å². The molecule has 0 heterocycles. The zero-order valence-corrected chi connectivity index (χ0v) is 13.1. The molecule has 4 heteroatoms. The minimum Gasteiger partial charge on any atom is -0.0727 e. The van der Waals surface area contributed by atoms with Gasteiger partial charge in [0, 0.05) is 10.8 Å². The van der Waals surface area contributed by atoms with Crippen LogP contribution in [0, 0.1) is 10.8 Å². The zero-order chi connectivity index (χ0) is 13.7. The van der Waals surface area contributed by atoms with E-state index in [-0.39, 0.29) is 19.8 Å². The smallest absolute Gasteiger partial charge is 0.0727 e. The van der Waals surface area contributed by atoms with Gasteiger partial charge in [0.05, 0.1) is 0 Å². The lowest BCUT2D eigenvalue weighted by molar-refractivity contribution is 0.227. The normalized spacial score (nSPS) is 34.5. The lowest BCUT2D eigenvalue weighted by Gasteiger charge is -2.56. The highest BCUT2D eigenvalue weighted by molar-refractivity contribution is 6.56. The summed E-state index contributed by atoms with van der Waals surface area (Å²) in [4.78, 5) is 0. The lowest BCUT2D eigenvalue weighted by Crippen LogP contribution is -2.47. The summed E-state index contributed by atoms with van der Waals surface area (Å²) in [6, 6.07) is 0. The van der Waals surface area contributed by atoms with Gasteiger partial charge in [0.15, 0.2) is 0 Å². The predicted octanol–water partition coefficient (Wildman–Crippen LogP) is 6.22. The van der Waals surface area contributed by atoms with Crippen molar-refractivity contribution in [3.8, 4) is 0 Å². The van der Waals surface area contributed by atoms with E-state index in [1.165, 1.54) is 6.42 Å². The molecule has 0 aromatic heterocycles. The van der Waals surface area contributed by atoms with E-state index in [1.807, 2.05) is 12.2 Å². The third kappa shape index (κ3) is 1.81. The van der Waals surface area contributed by atoms with Crippen LogP contribution in [0.15, 0.2) is 56.6 Å². The van der Waals surface area contributed by atoms with Crippen LogP contribution in [-0.2, 0) is 0 Å². The van der Waals surface area contributed by atoms with E-state index in [0.717, 1.165) is 24.0 Å². The first kappa shape index (κ1) is 13.8. The van der Waals surface area contributed by atoms with Gasteiger partial charge in [-0.15, -0.1) is 0 Å². The minimum absolute atomic E-state index is 0.0197. The van der Waals surface area contributed by atoms with Gasteiger partial charge in [-0.2, -0.15) is 0 Å². The molecule has 0 N–H and O–H groups in total.